The second-order valence-electron chi connectivity index (χ2n) is 7.72. The van der Waals surface area contributed by atoms with Crippen molar-refractivity contribution in [1.82, 2.24) is 5.32 Å². The highest BCUT2D eigenvalue weighted by molar-refractivity contribution is 5.33. The van der Waals surface area contributed by atoms with Gasteiger partial charge in [-0.05, 0) is 86.4 Å². The highest BCUT2D eigenvalue weighted by Crippen LogP contribution is 2.72. The molecule has 4 fully saturated rings. The van der Waals surface area contributed by atoms with Crippen LogP contribution in [-0.2, 0) is 0 Å². The van der Waals surface area contributed by atoms with E-state index in [2.05, 4.69) is 36.6 Å². The molecule has 0 aromatic heterocycles. The third kappa shape index (κ3) is 1.95. The molecule has 5 unspecified atom stereocenters. The topological polar surface area (TPSA) is 21.3 Å². The van der Waals surface area contributed by atoms with Gasteiger partial charge in [-0.25, -0.2) is 0 Å². The molecule has 1 N–H and O–H groups in total. The van der Waals surface area contributed by atoms with Crippen LogP contribution in [-0.4, -0.2) is 13.2 Å². The van der Waals surface area contributed by atoms with Crippen molar-refractivity contribution in [3.05, 3.63) is 29.8 Å². The highest BCUT2D eigenvalue weighted by Gasteiger charge is 2.66. The van der Waals surface area contributed by atoms with Crippen LogP contribution in [0, 0.1) is 29.6 Å². The summed E-state index contributed by atoms with van der Waals surface area (Å²) in [6, 6.07) is 9.40. The van der Waals surface area contributed by atoms with E-state index in [0.717, 1.165) is 35.3 Å². The third-order valence-corrected chi connectivity index (χ3v) is 6.54. The summed E-state index contributed by atoms with van der Waals surface area (Å²) in [6.45, 7) is 0. The molecule has 4 aliphatic rings. The number of fused-ring (bicyclic) bond motifs is 5. The molecular formula is C19H25NO. The SMILES string of the molecule is CNC(c1cccc(OC2CC2)c1)C1C2C3CCC(C3)C21. The van der Waals surface area contributed by atoms with Crippen molar-refractivity contribution < 1.29 is 4.74 Å². The van der Waals surface area contributed by atoms with Crippen LogP contribution in [0.3, 0.4) is 0 Å². The summed E-state index contributed by atoms with van der Waals surface area (Å²) in [5.74, 6) is 6.10. The quantitative estimate of drug-likeness (QED) is 0.888. The van der Waals surface area contributed by atoms with Gasteiger partial charge in [-0.2, -0.15) is 0 Å². The van der Waals surface area contributed by atoms with Gasteiger partial charge >= 0.3 is 0 Å². The number of hydrogen-bond acceptors (Lipinski definition) is 2. The first-order chi connectivity index (χ1) is 10.3. The Morgan fingerprint density at radius 2 is 1.86 bits per heavy atom. The van der Waals surface area contributed by atoms with E-state index in [1.807, 2.05) is 0 Å². The first-order valence-corrected chi connectivity index (χ1v) is 8.79. The van der Waals surface area contributed by atoms with Gasteiger partial charge in [-0.15, -0.1) is 0 Å². The minimum atomic E-state index is 0.490. The minimum Gasteiger partial charge on any atom is -0.490 e. The van der Waals surface area contributed by atoms with Gasteiger partial charge in [-0.1, -0.05) is 12.1 Å². The van der Waals surface area contributed by atoms with Gasteiger partial charge in [-0.3, -0.25) is 0 Å². The molecule has 0 radical (unpaired) electrons. The zero-order valence-corrected chi connectivity index (χ0v) is 12.8. The Morgan fingerprint density at radius 3 is 2.52 bits per heavy atom. The van der Waals surface area contributed by atoms with Gasteiger partial charge in [0.1, 0.15) is 5.75 Å². The van der Waals surface area contributed by atoms with Crippen LogP contribution in [0.15, 0.2) is 24.3 Å². The summed E-state index contributed by atoms with van der Waals surface area (Å²) in [7, 11) is 2.13. The fourth-order valence-electron chi connectivity index (χ4n) is 5.58. The van der Waals surface area contributed by atoms with E-state index in [9.17, 15) is 0 Å². The largest absolute Gasteiger partial charge is 0.490 e. The summed E-state index contributed by atoms with van der Waals surface area (Å²) in [6.07, 6.45) is 7.50. The van der Waals surface area contributed by atoms with Crippen molar-refractivity contribution in [2.45, 2.75) is 44.2 Å². The predicted octanol–water partition coefficient (Wildman–Crippen LogP) is 3.78. The molecule has 2 nitrogen and oxygen atoms in total. The number of rotatable bonds is 5. The van der Waals surface area contributed by atoms with Crippen LogP contribution in [0.25, 0.3) is 0 Å². The van der Waals surface area contributed by atoms with Gasteiger partial charge in [0, 0.05) is 6.04 Å². The molecule has 21 heavy (non-hydrogen) atoms. The zero-order chi connectivity index (χ0) is 14.0. The lowest BCUT2D eigenvalue weighted by Crippen LogP contribution is -2.22. The molecule has 2 heteroatoms. The Morgan fingerprint density at radius 1 is 1.10 bits per heavy atom. The van der Waals surface area contributed by atoms with Crippen LogP contribution >= 0.6 is 0 Å². The van der Waals surface area contributed by atoms with Crippen molar-refractivity contribution in [3.63, 3.8) is 0 Å². The van der Waals surface area contributed by atoms with Crippen LogP contribution < -0.4 is 10.1 Å². The van der Waals surface area contributed by atoms with Crippen molar-refractivity contribution in [3.8, 4) is 5.75 Å². The Labute approximate surface area is 127 Å². The predicted molar refractivity (Wildman–Crippen MR) is 83.2 cm³/mol. The second-order valence-corrected chi connectivity index (χ2v) is 7.72. The molecular weight excluding hydrogens is 258 g/mol. The van der Waals surface area contributed by atoms with Crippen LogP contribution in [0.2, 0.25) is 0 Å². The number of ether oxygens (including phenoxy) is 1. The van der Waals surface area contributed by atoms with E-state index < -0.39 is 0 Å². The molecule has 0 aliphatic heterocycles. The monoisotopic (exact) mass is 283 g/mol. The standard InChI is InChI=1S/C19H25NO/c1-20-19(18-16-11-5-6-12(9-11)17(16)18)13-3-2-4-15(10-13)21-14-7-8-14/h2-4,10-12,14,16-20H,5-9H2,1H3. The van der Waals surface area contributed by atoms with Gasteiger partial charge in [0.15, 0.2) is 0 Å². The Bertz CT molecular complexity index is 536. The van der Waals surface area contributed by atoms with Crippen LogP contribution in [0.1, 0.15) is 43.7 Å². The Kier molecular flexibility index (Phi) is 2.67. The minimum absolute atomic E-state index is 0.490. The van der Waals surface area contributed by atoms with Crippen molar-refractivity contribution in [2.75, 3.05) is 7.05 Å². The molecule has 2 bridgehead atoms. The first kappa shape index (κ1) is 12.5. The summed E-state index contributed by atoms with van der Waals surface area (Å²) in [4.78, 5) is 0. The fraction of sp³-hybridized carbons (Fsp3) is 0.684. The molecule has 4 saturated carbocycles. The lowest BCUT2D eigenvalue weighted by Gasteiger charge is -2.21. The molecule has 0 amide bonds. The molecule has 5 rings (SSSR count). The molecule has 112 valence electrons. The molecule has 5 atom stereocenters. The molecule has 0 saturated heterocycles. The van der Waals surface area contributed by atoms with E-state index in [1.54, 1.807) is 0 Å². The number of nitrogens with one attached hydrogen (secondary N) is 1. The number of hydrogen-bond donors (Lipinski definition) is 1. The Balaban J connectivity index is 1.38. The maximum absolute atomic E-state index is 5.98. The van der Waals surface area contributed by atoms with Crippen molar-refractivity contribution >= 4 is 0 Å². The van der Waals surface area contributed by atoms with Gasteiger partial charge in [0.05, 0.1) is 6.10 Å². The van der Waals surface area contributed by atoms with Gasteiger partial charge in [0.2, 0.25) is 0 Å². The smallest absolute Gasteiger partial charge is 0.120 e. The summed E-state index contributed by atoms with van der Waals surface area (Å²) < 4.78 is 5.98. The van der Waals surface area contributed by atoms with E-state index in [0.29, 0.717) is 12.1 Å². The highest BCUT2D eigenvalue weighted by atomic mass is 16.5. The third-order valence-electron chi connectivity index (χ3n) is 6.54. The Hall–Kier alpha value is -1.02. The fourth-order valence-corrected chi connectivity index (χ4v) is 5.58. The normalized spacial score (nSPS) is 40.9. The van der Waals surface area contributed by atoms with E-state index in [4.69, 9.17) is 4.74 Å². The maximum Gasteiger partial charge on any atom is 0.120 e. The number of benzene rings is 1. The van der Waals surface area contributed by atoms with Crippen molar-refractivity contribution in [2.24, 2.45) is 29.6 Å². The van der Waals surface area contributed by atoms with E-state index in [1.165, 1.54) is 37.7 Å². The molecule has 0 heterocycles. The molecule has 1 aromatic carbocycles. The maximum atomic E-state index is 5.98. The zero-order valence-electron chi connectivity index (χ0n) is 12.8. The van der Waals surface area contributed by atoms with Crippen LogP contribution in [0.4, 0.5) is 0 Å². The van der Waals surface area contributed by atoms with Crippen molar-refractivity contribution in [1.29, 1.82) is 0 Å². The van der Waals surface area contributed by atoms with Gasteiger partial charge in [0.25, 0.3) is 0 Å². The average molecular weight is 283 g/mol. The summed E-state index contributed by atoms with van der Waals surface area (Å²) in [5, 5.41) is 3.62. The molecule has 4 aliphatic carbocycles. The lowest BCUT2D eigenvalue weighted by atomic mass is 9.93. The van der Waals surface area contributed by atoms with Crippen LogP contribution in [0.5, 0.6) is 5.75 Å². The molecule has 1 aromatic rings. The van der Waals surface area contributed by atoms with E-state index in [-0.39, 0.29) is 0 Å². The van der Waals surface area contributed by atoms with E-state index >= 15 is 0 Å². The lowest BCUT2D eigenvalue weighted by molar-refractivity contribution is 0.302. The average Bonchev–Trinajstić information content (AvgIpc) is 3.39. The van der Waals surface area contributed by atoms with Gasteiger partial charge < -0.3 is 10.1 Å². The summed E-state index contributed by atoms with van der Waals surface area (Å²) >= 11 is 0. The summed E-state index contributed by atoms with van der Waals surface area (Å²) in [5.41, 5.74) is 1.44. The first-order valence-electron chi connectivity index (χ1n) is 8.79. The molecule has 0 spiro atoms. The second kappa shape index (κ2) is 4.49.